The highest BCUT2D eigenvalue weighted by molar-refractivity contribution is 6.09. The molecule has 0 unspecified atom stereocenters. The van der Waals surface area contributed by atoms with Crippen LogP contribution in [0.15, 0.2) is 94.3 Å². The van der Waals surface area contributed by atoms with Gasteiger partial charge >= 0.3 is 0 Å². The molecular weight excluding hydrogens is 404 g/mol. The van der Waals surface area contributed by atoms with Crippen LogP contribution in [0.1, 0.15) is 42.9 Å². The van der Waals surface area contributed by atoms with E-state index in [-0.39, 0.29) is 17.6 Å². The molecule has 0 bridgehead atoms. The highest BCUT2D eigenvalue weighted by Gasteiger charge is 2.41. The van der Waals surface area contributed by atoms with Crippen molar-refractivity contribution in [2.24, 2.45) is 0 Å². The third kappa shape index (κ3) is 3.62. The zero-order valence-corrected chi connectivity index (χ0v) is 17.5. The number of anilines is 1. The van der Waals surface area contributed by atoms with Gasteiger partial charge in [-0.3, -0.25) is 14.6 Å². The molecular formula is C25H22N4O3. The van der Waals surface area contributed by atoms with E-state index in [0.29, 0.717) is 35.5 Å². The summed E-state index contributed by atoms with van der Waals surface area (Å²) in [6.45, 7) is 1.86. The Kier molecular flexibility index (Phi) is 5.15. The van der Waals surface area contributed by atoms with Crippen molar-refractivity contribution in [1.29, 1.82) is 0 Å². The quantitative estimate of drug-likeness (QED) is 0.653. The lowest BCUT2D eigenvalue weighted by Gasteiger charge is -2.36. The molecule has 0 spiro atoms. The van der Waals surface area contributed by atoms with Gasteiger partial charge in [0, 0.05) is 59.4 Å². The predicted octanol–water partition coefficient (Wildman–Crippen LogP) is 4.07. The van der Waals surface area contributed by atoms with Crippen LogP contribution >= 0.6 is 0 Å². The van der Waals surface area contributed by atoms with Crippen LogP contribution in [0.3, 0.4) is 0 Å². The molecule has 2 atom stereocenters. The molecule has 5 rings (SSSR count). The second-order valence-corrected chi connectivity index (χ2v) is 7.99. The minimum Gasteiger partial charge on any atom is -0.469 e. The highest BCUT2D eigenvalue weighted by Crippen LogP contribution is 2.45. The number of furan rings is 1. The number of nitrogens with one attached hydrogen (secondary N) is 2. The average molecular weight is 426 g/mol. The fourth-order valence-corrected chi connectivity index (χ4v) is 4.57. The molecule has 2 aliphatic rings. The first-order valence-electron chi connectivity index (χ1n) is 10.5. The van der Waals surface area contributed by atoms with Gasteiger partial charge in [0.25, 0.3) is 5.91 Å². The summed E-state index contributed by atoms with van der Waals surface area (Å²) in [5.41, 5.74) is 3.46. The molecule has 3 aromatic rings. The molecule has 0 aromatic carbocycles. The van der Waals surface area contributed by atoms with Crippen molar-refractivity contribution in [2.45, 2.75) is 31.6 Å². The van der Waals surface area contributed by atoms with Crippen LogP contribution in [-0.4, -0.2) is 21.7 Å². The molecule has 1 aliphatic heterocycles. The van der Waals surface area contributed by atoms with Gasteiger partial charge in [-0.15, -0.1) is 0 Å². The van der Waals surface area contributed by atoms with Gasteiger partial charge in [0.05, 0.1) is 6.26 Å². The Morgan fingerprint density at radius 3 is 2.75 bits per heavy atom. The molecule has 32 heavy (non-hydrogen) atoms. The Balaban J connectivity index is 1.56. The van der Waals surface area contributed by atoms with E-state index in [1.54, 1.807) is 37.0 Å². The molecule has 4 heterocycles. The van der Waals surface area contributed by atoms with Crippen molar-refractivity contribution in [3.8, 4) is 0 Å². The van der Waals surface area contributed by atoms with Crippen molar-refractivity contribution in [1.82, 2.24) is 15.3 Å². The molecule has 0 saturated heterocycles. The van der Waals surface area contributed by atoms with E-state index in [4.69, 9.17) is 4.42 Å². The van der Waals surface area contributed by atoms with E-state index in [0.717, 1.165) is 17.0 Å². The molecule has 7 heteroatoms. The standard InChI is InChI=1S/C25H22N4O3/c1-15-22(25(31)29-21-8-2-3-10-27-21)23(16-6-4-9-26-14-16)24-18(28-15)12-17(13-19(24)30)20-7-5-11-32-20/h2-11,14,17,23,28H,12-13H2,1H3,(H,27,29,31)/t17-,23+/m1/s1. The number of aromatic nitrogens is 2. The van der Waals surface area contributed by atoms with Crippen LogP contribution in [0.2, 0.25) is 0 Å². The number of Topliss-reactive ketones (excluding diaryl/α,β-unsaturated/α-hetero) is 1. The third-order valence-electron chi connectivity index (χ3n) is 5.94. The SMILES string of the molecule is CC1=C(C(=O)Nc2ccccn2)[C@H](c2cccnc2)C2=C(C[C@@H](c3ccco3)CC2=O)N1. The number of rotatable bonds is 4. The highest BCUT2D eigenvalue weighted by atomic mass is 16.3. The topological polar surface area (TPSA) is 97.1 Å². The fourth-order valence-electron chi connectivity index (χ4n) is 4.57. The lowest BCUT2D eigenvalue weighted by molar-refractivity contribution is -0.116. The van der Waals surface area contributed by atoms with Gasteiger partial charge in [-0.25, -0.2) is 4.98 Å². The van der Waals surface area contributed by atoms with Gasteiger partial charge in [0.2, 0.25) is 0 Å². The Hall–Kier alpha value is -4.00. The monoisotopic (exact) mass is 426 g/mol. The van der Waals surface area contributed by atoms with Gasteiger partial charge in [-0.05, 0) is 49.2 Å². The Labute approximate surface area is 185 Å². The second kappa shape index (κ2) is 8.26. The third-order valence-corrected chi connectivity index (χ3v) is 5.94. The largest absolute Gasteiger partial charge is 0.469 e. The van der Waals surface area contributed by atoms with E-state index >= 15 is 0 Å². The summed E-state index contributed by atoms with van der Waals surface area (Å²) in [7, 11) is 0. The van der Waals surface area contributed by atoms with Crippen molar-refractivity contribution in [3.05, 3.63) is 101 Å². The first kappa shape index (κ1) is 19.9. The van der Waals surface area contributed by atoms with Crippen LogP contribution in [0.5, 0.6) is 0 Å². The maximum Gasteiger partial charge on any atom is 0.255 e. The summed E-state index contributed by atoms with van der Waals surface area (Å²) in [4.78, 5) is 35.2. The van der Waals surface area contributed by atoms with Gasteiger partial charge in [-0.1, -0.05) is 12.1 Å². The molecule has 0 radical (unpaired) electrons. The van der Waals surface area contributed by atoms with Crippen LogP contribution in [-0.2, 0) is 9.59 Å². The number of hydrogen-bond donors (Lipinski definition) is 2. The molecule has 1 aliphatic carbocycles. The molecule has 0 fully saturated rings. The zero-order chi connectivity index (χ0) is 22.1. The number of carbonyl (C=O) groups is 2. The summed E-state index contributed by atoms with van der Waals surface area (Å²) in [6, 6.07) is 12.8. The number of allylic oxidation sites excluding steroid dienone is 3. The lowest BCUT2D eigenvalue weighted by Crippen LogP contribution is -2.37. The van der Waals surface area contributed by atoms with E-state index in [1.165, 1.54) is 0 Å². The van der Waals surface area contributed by atoms with E-state index in [1.807, 2.05) is 37.3 Å². The summed E-state index contributed by atoms with van der Waals surface area (Å²) >= 11 is 0. The average Bonchev–Trinajstić information content (AvgIpc) is 3.34. The number of pyridine rings is 2. The van der Waals surface area contributed by atoms with Gasteiger partial charge in [0.15, 0.2) is 5.78 Å². The summed E-state index contributed by atoms with van der Waals surface area (Å²) in [5.74, 6) is 0.420. The molecule has 2 N–H and O–H groups in total. The maximum atomic E-state index is 13.4. The molecule has 3 aromatic heterocycles. The van der Waals surface area contributed by atoms with E-state index in [2.05, 4.69) is 20.6 Å². The van der Waals surface area contributed by atoms with Gasteiger partial charge in [-0.2, -0.15) is 0 Å². The number of dihydropyridines is 1. The zero-order valence-electron chi connectivity index (χ0n) is 17.5. The summed E-state index contributed by atoms with van der Waals surface area (Å²) < 4.78 is 5.57. The number of ketones is 1. The predicted molar refractivity (Wildman–Crippen MR) is 118 cm³/mol. The van der Waals surface area contributed by atoms with Crippen molar-refractivity contribution in [3.63, 3.8) is 0 Å². The van der Waals surface area contributed by atoms with Crippen molar-refractivity contribution in [2.75, 3.05) is 5.32 Å². The molecule has 1 amide bonds. The minimum atomic E-state index is -0.506. The molecule has 0 saturated carbocycles. The van der Waals surface area contributed by atoms with Gasteiger partial charge < -0.3 is 15.1 Å². The van der Waals surface area contributed by atoms with Crippen LogP contribution in [0.4, 0.5) is 5.82 Å². The minimum absolute atomic E-state index is 0.00430. The number of hydrogen-bond acceptors (Lipinski definition) is 6. The van der Waals surface area contributed by atoms with Crippen LogP contribution < -0.4 is 10.6 Å². The first-order chi connectivity index (χ1) is 15.6. The van der Waals surface area contributed by atoms with Crippen LogP contribution in [0, 0.1) is 0 Å². The summed E-state index contributed by atoms with van der Waals surface area (Å²) in [5, 5.41) is 6.22. The normalized spacial score (nSPS) is 20.6. The Morgan fingerprint density at radius 2 is 2.03 bits per heavy atom. The Morgan fingerprint density at radius 1 is 1.12 bits per heavy atom. The molecule has 160 valence electrons. The van der Waals surface area contributed by atoms with Crippen molar-refractivity contribution >= 4 is 17.5 Å². The van der Waals surface area contributed by atoms with Crippen LogP contribution in [0.25, 0.3) is 0 Å². The number of carbonyl (C=O) groups excluding carboxylic acids is 2. The maximum absolute atomic E-state index is 13.4. The first-order valence-corrected chi connectivity index (χ1v) is 10.5. The summed E-state index contributed by atoms with van der Waals surface area (Å²) in [6.07, 6.45) is 7.61. The number of nitrogens with zero attached hydrogens (tertiary/aromatic N) is 2. The van der Waals surface area contributed by atoms with Gasteiger partial charge in [0.1, 0.15) is 11.6 Å². The van der Waals surface area contributed by atoms with E-state index in [9.17, 15) is 9.59 Å². The molecule has 7 nitrogen and oxygen atoms in total. The Bertz CT molecular complexity index is 1210. The fraction of sp³-hybridized carbons (Fsp3) is 0.200. The van der Waals surface area contributed by atoms with E-state index < -0.39 is 5.92 Å². The van der Waals surface area contributed by atoms with Crippen molar-refractivity contribution < 1.29 is 14.0 Å². The number of amides is 1. The second-order valence-electron chi connectivity index (χ2n) is 7.99. The smallest absolute Gasteiger partial charge is 0.255 e. The lowest BCUT2D eigenvalue weighted by atomic mass is 9.72.